The van der Waals surface area contributed by atoms with Crippen LogP contribution in [0.3, 0.4) is 0 Å². The summed E-state index contributed by atoms with van der Waals surface area (Å²) < 4.78 is 0. The highest BCUT2D eigenvalue weighted by atomic mass is 16.1. The lowest BCUT2D eigenvalue weighted by Gasteiger charge is -2.10. The number of nitrogens with one attached hydrogen (secondary N) is 2. The molecule has 0 fully saturated rings. The summed E-state index contributed by atoms with van der Waals surface area (Å²) in [6.07, 6.45) is 0. The Hall–Kier alpha value is -2.42. The molecule has 1 amide bonds. The Morgan fingerprint density at radius 2 is 1.45 bits per heavy atom. The molecule has 2 rings (SSSR count). The lowest BCUT2D eigenvalue weighted by molar-refractivity contribution is 0.102. The first-order valence-corrected chi connectivity index (χ1v) is 7.52. The van der Waals surface area contributed by atoms with Gasteiger partial charge in [0.05, 0.1) is 0 Å². The summed E-state index contributed by atoms with van der Waals surface area (Å²) in [5, 5.41) is 10.4. The van der Waals surface area contributed by atoms with Gasteiger partial charge in [0.2, 0.25) is 0 Å². The smallest absolute Gasteiger partial charge is 0.256 e. The Morgan fingerprint density at radius 3 is 1.91 bits per heavy atom. The molecule has 2 N–H and O–H groups in total. The zero-order chi connectivity index (χ0) is 16.7. The molecular formula is C19H24N2O. The molecule has 0 heterocycles. The van der Waals surface area contributed by atoms with E-state index in [9.17, 15) is 4.79 Å². The van der Waals surface area contributed by atoms with Crippen molar-refractivity contribution < 1.29 is 4.79 Å². The second kappa shape index (κ2) is 8.13. The standard InChI is InChI=1S/C17H18N2O.C2H6/c1-11-5-4-6-12(2)16(11)17(20)19-15-9-7-14(8-10-15)13(3)18;1-2/h4-10,18H,1-3H3,(H,19,20);1-2H3. The van der Waals surface area contributed by atoms with Crippen LogP contribution < -0.4 is 5.32 Å². The molecule has 0 saturated heterocycles. The molecule has 0 atom stereocenters. The summed E-state index contributed by atoms with van der Waals surface area (Å²) in [5.41, 5.74) is 4.76. The molecule has 2 aromatic carbocycles. The van der Waals surface area contributed by atoms with Crippen LogP contribution in [-0.4, -0.2) is 11.6 Å². The minimum atomic E-state index is -0.0973. The molecule has 0 bridgehead atoms. The van der Waals surface area contributed by atoms with Gasteiger partial charge in [-0.3, -0.25) is 4.79 Å². The van der Waals surface area contributed by atoms with Crippen molar-refractivity contribution >= 4 is 17.3 Å². The quantitative estimate of drug-likeness (QED) is 0.772. The van der Waals surface area contributed by atoms with Gasteiger partial charge in [-0.1, -0.05) is 44.2 Å². The van der Waals surface area contributed by atoms with Gasteiger partial charge in [0.25, 0.3) is 5.91 Å². The number of benzene rings is 2. The Balaban J connectivity index is 0.00000116. The van der Waals surface area contributed by atoms with E-state index in [1.807, 2.05) is 70.2 Å². The summed E-state index contributed by atoms with van der Waals surface area (Å²) in [6, 6.07) is 13.1. The Labute approximate surface area is 132 Å². The van der Waals surface area contributed by atoms with Gasteiger partial charge in [0.1, 0.15) is 0 Å². The van der Waals surface area contributed by atoms with E-state index >= 15 is 0 Å². The van der Waals surface area contributed by atoms with Crippen molar-refractivity contribution in [3.05, 3.63) is 64.7 Å². The SMILES string of the molecule is CC.CC(=N)c1ccc(NC(=O)c2c(C)cccc2C)cc1. The number of amides is 1. The van der Waals surface area contributed by atoms with E-state index in [2.05, 4.69) is 5.32 Å². The average molecular weight is 296 g/mol. The molecule has 22 heavy (non-hydrogen) atoms. The topological polar surface area (TPSA) is 53.0 Å². The van der Waals surface area contributed by atoms with Gasteiger partial charge in [-0.05, 0) is 49.6 Å². The summed E-state index contributed by atoms with van der Waals surface area (Å²) in [5.74, 6) is -0.0973. The van der Waals surface area contributed by atoms with Crippen molar-refractivity contribution in [2.24, 2.45) is 0 Å². The number of carbonyl (C=O) groups excluding carboxylic acids is 1. The summed E-state index contributed by atoms with van der Waals surface area (Å²) in [4.78, 5) is 12.3. The largest absolute Gasteiger partial charge is 0.322 e. The normalized spacial score (nSPS) is 9.50. The van der Waals surface area contributed by atoms with Crippen molar-refractivity contribution in [1.29, 1.82) is 5.41 Å². The van der Waals surface area contributed by atoms with Crippen LogP contribution in [-0.2, 0) is 0 Å². The van der Waals surface area contributed by atoms with Crippen molar-refractivity contribution in [2.75, 3.05) is 5.32 Å². The highest BCUT2D eigenvalue weighted by molar-refractivity contribution is 6.06. The molecule has 0 aliphatic carbocycles. The minimum Gasteiger partial charge on any atom is -0.322 e. The lowest BCUT2D eigenvalue weighted by Crippen LogP contribution is -2.15. The van der Waals surface area contributed by atoms with Crippen LogP contribution in [0.2, 0.25) is 0 Å². The molecule has 0 aromatic heterocycles. The number of carbonyl (C=O) groups is 1. The predicted octanol–water partition coefficient (Wildman–Crippen LogP) is 4.97. The fraction of sp³-hybridized carbons (Fsp3) is 0.263. The second-order valence-corrected chi connectivity index (χ2v) is 4.92. The van der Waals surface area contributed by atoms with Gasteiger partial charge < -0.3 is 10.7 Å². The van der Waals surface area contributed by atoms with E-state index in [1.54, 1.807) is 6.92 Å². The van der Waals surface area contributed by atoms with Crippen molar-refractivity contribution in [3.63, 3.8) is 0 Å². The highest BCUT2D eigenvalue weighted by Gasteiger charge is 2.11. The predicted molar refractivity (Wildman–Crippen MR) is 94.2 cm³/mol. The number of rotatable bonds is 3. The van der Waals surface area contributed by atoms with Crippen LogP contribution in [0.1, 0.15) is 47.8 Å². The lowest BCUT2D eigenvalue weighted by atomic mass is 10.0. The number of hydrogen-bond donors (Lipinski definition) is 2. The molecule has 0 radical (unpaired) electrons. The Bertz CT molecular complexity index is 637. The first kappa shape index (κ1) is 17.6. The summed E-state index contributed by atoms with van der Waals surface area (Å²) in [6.45, 7) is 9.61. The molecule has 3 nitrogen and oxygen atoms in total. The summed E-state index contributed by atoms with van der Waals surface area (Å²) in [7, 11) is 0. The van der Waals surface area contributed by atoms with Crippen LogP contribution in [0.15, 0.2) is 42.5 Å². The molecule has 0 aliphatic heterocycles. The third-order valence-corrected chi connectivity index (χ3v) is 3.28. The molecule has 0 unspecified atom stereocenters. The number of anilines is 1. The van der Waals surface area contributed by atoms with E-state index in [4.69, 9.17) is 5.41 Å². The van der Waals surface area contributed by atoms with Crippen molar-refractivity contribution in [1.82, 2.24) is 0 Å². The number of hydrogen-bond acceptors (Lipinski definition) is 2. The van der Waals surface area contributed by atoms with Gasteiger partial charge in [-0.2, -0.15) is 0 Å². The van der Waals surface area contributed by atoms with Crippen LogP contribution in [0.5, 0.6) is 0 Å². The molecule has 2 aromatic rings. The van der Waals surface area contributed by atoms with Crippen LogP contribution in [0.4, 0.5) is 5.69 Å². The van der Waals surface area contributed by atoms with E-state index in [0.29, 0.717) is 5.71 Å². The fourth-order valence-electron chi connectivity index (χ4n) is 2.17. The summed E-state index contributed by atoms with van der Waals surface area (Å²) >= 11 is 0. The van der Waals surface area contributed by atoms with Crippen LogP contribution in [0, 0.1) is 19.3 Å². The Kier molecular flexibility index (Phi) is 6.51. The number of aryl methyl sites for hydroxylation is 2. The maximum Gasteiger partial charge on any atom is 0.256 e. The first-order valence-electron chi connectivity index (χ1n) is 7.52. The third-order valence-electron chi connectivity index (χ3n) is 3.28. The maximum absolute atomic E-state index is 12.3. The molecule has 0 spiro atoms. The highest BCUT2D eigenvalue weighted by Crippen LogP contribution is 2.16. The van der Waals surface area contributed by atoms with Gasteiger partial charge in [-0.15, -0.1) is 0 Å². The Morgan fingerprint density at radius 1 is 0.955 bits per heavy atom. The molecular weight excluding hydrogens is 272 g/mol. The maximum atomic E-state index is 12.3. The molecule has 0 aliphatic rings. The van der Waals surface area contributed by atoms with E-state index in [-0.39, 0.29) is 5.91 Å². The first-order chi connectivity index (χ1) is 10.5. The minimum absolute atomic E-state index is 0.0973. The zero-order valence-corrected chi connectivity index (χ0v) is 13.9. The van der Waals surface area contributed by atoms with Crippen molar-refractivity contribution in [2.45, 2.75) is 34.6 Å². The molecule has 0 saturated carbocycles. The van der Waals surface area contributed by atoms with Crippen LogP contribution in [0.25, 0.3) is 0 Å². The van der Waals surface area contributed by atoms with Gasteiger partial charge in [0, 0.05) is 17.0 Å². The van der Waals surface area contributed by atoms with Crippen molar-refractivity contribution in [3.8, 4) is 0 Å². The van der Waals surface area contributed by atoms with Gasteiger partial charge in [0.15, 0.2) is 0 Å². The van der Waals surface area contributed by atoms with Crippen LogP contribution >= 0.6 is 0 Å². The van der Waals surface area contributed by atoms with Gasteiger partial charge >= 0.3 is 0 Å². The van der Waals surface area contributed by atoms with E-state index in [1.165, 1.54) is 0 Å². The van der Waals surface area contributed by atoms with E-state index < -0.39 is 0 Å². The monoisotopic (exact) mass is 296 g/mol. The second-order valence-electron chi connectivity index (χ2n) is 4.92. The zero-order valence-electron chi connectivity index (χ0n) is 13.9. The van der Waals surface area contributed by atoms with E-state index in [0.717, 1.165) is 27.9 Å². The average Bonchev–Trinajstić information content (AvgIpc) is 2.49. The molecule has 3 heteroatoms. The molecule has 116 valence electrons. The third kappa shape index (κ3) is 4.29. The fourth-order valence-corrected chi connectivity index (χ4v) is 2.17. The van der Waals surface area contributed by atoms with Gasteiger partial charge in [-0.25, -0.2) is 0 Å².